The molecule has 2 aliphatic heterocycles. The van der Waals surface area contributed by atoms with Crippen LogP contribution in [-0.4, -0.2) is 27.5 Å². The first-order valence-electron chi connectivity index (χ1n) is 14.1. The maximum absolute atomic E-state index is 17.7. The minimum atomic E-state index is -4.38. The fraction of sp³-hybridized carbons (Fsp3) is 0. The van der Waals surface area contributed by atoms with Crippen molar-refractivity contribution in [2.24, 2.45) is 4.99 Å². The zero-order valence-electron chi connectivity index (χ0n) is 22.4. The molecule has 0 saturated heterocycles. The van der Waals surface area contributed by atoms with Gasteiger partial charge in [0.15, 0.2) is 0 Å². The molecule has 7 aromatic rings. The van der Waals surface area contributed by atoms with Crippen molar-refractivity contribution in [1.29, 1.82) is 0 Å². The molecule has 2 aliphatic rings. The average Bonchev–Trinajstić information content (AvgIpc) is 3.57. The SMILES string of the molecule is F[B-]1(F)n2c(-c3ccccc3)c3ccc4ccccc4c3c2N=C2c3c(ccc4ccccc34)C(c3ccccc3)=[N+]21. The molecule has 0 radical (unpaired) electrons. The Morgan fingerprint density at radius 1 is 0.571 bits per heavy atom. The smallest absolute Gasteiger partial charge is 0.414 e. The van der Waals surface area contributed by atoms with E-state index in [1.165, 1.54) is 8.96 Å². The molecule has 3 heterocycles. The molecule has 0 fully saturated rings. The van der Waals surface area contributed by atoms with Gasteiger partial charge in [0.1, 0.15) is 5.71 Å². The summed E-state index contributed by atoms with van der Waals surface area (Å²) in [5.41, 5.74) is 3.93. The normalized spacial score (nSPS) is 15.1. The van der Waals surface area contributed by atoms with E-state index in [-0.39, 0.29) is 0 Å². The summed E-state index contributed by atoms with van der Waals surface area (Å²) in [5.74, 6) is 0.593. The lowest BCUT2D eigenvalue weighted by Gasteiger charge is -2.31. The van der Waals surface area contributed by atoms with Crippen LogP contribution in [0.3, 0.4) is 0 Å². The summed E-state index contributed by atoms with van der Waals surface area (Å²) in [5, 5.41) is 5.31. The molecule has 0 N–H and O–H groups in total. The average molecular weight is 545 g/mol. The van der Waals surface area contributed by atoms with Gasteiger partial charge in [0.2, 0.25) is 5.82 Å². The van der Waals surface area contributed by atoms with Crippen LogP contribution in [0.4, 0.5) is 14.4 Å². The van der Waals surface area contributed by atoms with Crippen molar-refractivity contribution in [1.82, 2.24) is 4.48 Å². The highest BCUT2D eigenvalue weighted by Gasteiger charge is 2.55. The highest BCUT2D eigenvalue weighted by atomic mass is 19.2. The summed E-state index contributed by atoms with van der Waals surface area (Å²) < 4.78 is 37.8. The van der Waals surface area contributed by atoms with E-state index >= 15 is 8.63 Å². The minimum Gasteiger partial charge on any atom is -0.414 e. The second kappa shape index (κ2) is 8.34. The Balaban J connectivity index is 1.51. The van der Waals surface area contributed by atoms with Gasteiger partial charge in [-0.1, -0.05) is 127 Å². The molecule has 3 nitrogen and oxygen atoms in total. The van der Waals surface area contributed by atoms with E-state index in [0.29, 0.717) is 23.1 Å². The fourth-order valence-corrected chi connectivity index (χ4v) is 6.95. The number of hydrogen-bond acceptors (Lipinski definition) is 1. The molecule has 0 aliphatic carbocycles. The Kier molecular flexibility index (Phi) is 4.64. The van der Waals surface area contributed by atoms with Gasteiger partial charge in [-0.15, -0.1) is 0 Å². The number of benzene rings is 6. The molecule has 0 amide bonds. The van der Waals surface area contributed by atoms with Crippen LogP contribution in [0.2, 0.25) is 0 Å². The lowest BCUT2D eigenvalue weighted by Crippen LogP contribution is -2.52. The highest BCUT2D eigenvalue weighted by molar-refractivity contribution is 6.63. The van der Waals surface area contributed by atoms with Crippen LogP contribution in [0.25, 0.3) is 43.6 Å². The first kappa shape index (κ1) is 23.4. The summed E-state index contributed by atoms with van der Waals surface area (Å²) in [7, 11) is 0. The molecule has 0 saturated carbocycles. The molecule has 1 aromatic heterocycles. The van der Waals surface area contributed by atoms with Crippen molar-refractivity contribution in [2.45, 2.75) is 0 Å². The number of fused-ring (bicyclic) bond motifs is 10. The molecular formula is C36H22BF2N3. The number of amidine groups is 1. The van der Waals surface area contributed by atoms with Gasteiger partial charge in [-0.25, -0.2) is 0 Å². The van der Waals surface area contributed by atoms with Gasteiger partial charge in [0.05, 0.1) is 10.9 Å². The van der Waals surface area contributed by atoms with Crippen LogP contribution in [-0.2, 0) is 0 Å². The van der Waals surface area contributed by atoms with Crippen molar-refractivity contribution in [3.05, 3.63) is 150 Å². The lowest BCUT2D eigenvalue weighted by atomic mass is 9.91. The van der Waals surface area contributed by atoms with Gasteiger partial charge in [-0.05, 0) is 38.2 Å². The van der Waals surface area contributed by atoms with Crippen molar-refractivity contribution in [2.75, 3.05) is 0 Å². The van der Waals surface area contributed by atoms with Gasteiger partial charge in [0, 0.05) is 22.2 Å². The molecular weight excluding hydrogens is 523 g/mol. The van der Waals surface area contributed by atoms with E-state index in [0.717, 1.165) is 54.6 Å². The zero-order valence-corrected chi connectivity index (χ0v) is 22.4. The van der Waals surface area contributed by atoms with Crippen LogP contribution >= 0.6 is 0 Å². The molecule has 0 bridgehead atoms. The molecule has 9 rings (SSSR count). The molecule has 0 spiro atoms. The minimum absolute atomic E-state index is 0.296. The third-order valence-electron chi connectivity index (χ3n) is 8.68. The van der Waals surface area contributed by atoms with Gasteiger partial charge in [-0.3, -0.25) is 0 Å². The summed E-state index contributed by atoms with van der Waals surface area (Å²) in [6.07, 6.45) is 0. The highest BCUT2D eigenvalue weighted by Crippen LogP contribution is 2.48. The van der Waals surface area contributed by atoms with E-state index in [1.807, 2.05) is 133 Å². The maximum atomic E-state index is 17.7. The molecule has 42 heavy (non-hydrogen) atoms. The third-order valence-corrected chi connectivity index (χ3v) is 8.68. The molecule has 0 atom stereocenters. The van der Waals surface area contributed by atoms with E-state index < -0.39 is 6.97 Å². The largest absolute Gasteiger partial charge is 0.642 e. The second-order valence-electron chi connectivity index (χ2n) is 10.9. The van der Waals surface area contributed by atoms with Gasteiger partial charge in [0.25, 0.3) is 5.84 Å². The number of aromatic nitrogens is 1. The number of rotatable bonds is 2. The lowest BCUT2D eigenvalue weighted by molar-refractivity contribution is -0.292. The van der Waals surface area contributed by atoms with E-state index in [4.69, 9.17) is 4.99 Å². The van der Waals surface area contributed by atoms with Crippen molar-refractivity contribution < 1.29 is 13.1 Å². The number of hydrogen-bond donors (Lipinski definition) is 0. The fourth-order valence-electron chi connectivity index (χ4n) is 6.95. The van der Waals surface area contributed by atoms with Crippen molar-refractivity contribution in [3.63, 3.8) is 0 Å². The monoisotopic (exact) mass is 545 g/mol. The summed E-state index contributed by atoms with van der Waals surface area (Å²) in [6, 6.07) is 42.9. The molecule has 6 aromatic carbocycles. The first-order chi connectivity index (χ1) is 20.6. The van der Waals surface area contributed by atoms with Crippen molar-refractivity contribution >= 4 is 56.7 Å². The third kappa shape index (κ3) is 2.98. The van der Waals surface area contributed by atoms with E-state index in [9.17, 15) is 0 Å². The number of halogens is 2. The van der Waals surface area contributed by atoms with Gasteiger partial charge < -0.3 is 17.6 Å². The van der Waals surface area contributed by atoms with Crippen LogP contribution < -0.4 is 0 Å². The van der Waals surface area contributed by atoms with E-state index in [1.54, 1.807) is 0 Å². The molecule has 6 heteroatoms. The number of aliphatic imine (C=N–C) groups is 1. The van der Waals surface area contributed by atoms with Gasteiger partial charge in [-0.2, -0.15) is 0 Å². The topological polar surface area (TPSA) is 20.3 Å². The molecule has 198 valence electrons. The Morgan fingerprint density at radius 2 is 1.17 bits per heavy atom. The maximum Gasteiger partial charge on any atom is 0.642 e. The van der Waals surface area contributed by atoms with Crippen LogP contribution in [0.15, 0.2) is 138 Å². The first-order valence-corrected chi connectivity index (χ1v) is 14.1. The van der Waals surface area contributed by atoms with E-state index in [2.05, 4.69) is 0 Å². The second-order valence-corrected chi connectivity index (χ2v) is 10.9. The zero-order chi connectivity index (χ0) is 28.0. The van der Waals surface area contributed by atoms with Gasteiger partial charge >= 0.3 is 6.97 Å². The Hall–Kier alpha value is -5.36. The number of nitrogens with zero attached hydrogens (tertiary/aromatic N) is 3. The predicted molar refractivity (Wildman–Crippen MR) is 168 cm³/mol. The van der Waals surface area contributed by atoms with Crippen molar-refractivity contribution in [3.8, 4) is 11.3 Å². The standard InChI is InChI=1S/C36H22BF2N3/c38-37(39)41-33(25-13-3-1-4-14-25)29-21-19-23-11-7-9-17-27(23)31(29)35(41)40-36-32-28-18-10-8-12-24(28)20-22-30(32)34(42(36)37)26-15-5-2-6-16-26/h1-22H. The quantitative estimate of drug-likeness (QED) is 0.194. The van der Waals surface area contributed by atoms with Crippen LogP contribution in [0.5, 0.6) is 0 Å². The van der Waals surface area contributed by atoms with Crippen LogP contribution in [0, 0.1) is 0 Å². The molecule has 0 unspecified atom stereocenters. The Morgan fingerprint density at radius 3 is 1.90 bits per heavy atom. The Bertz CT molecular complexity index is 2320. The summed E-state index contributed by atoms with van der Waals surface area (Å²) in [4.78, 5) is 5.21. The summed E-state index contributed by atoms with van der Waals surface area (Å²) >= 11 is 0. The van der Waals surface area contributed by atoms with Crippen LogP contribution in [0.1, 0.15) is 16.7 Å². The Labute approximate surface area is 240 Å². The predicted octanol–water partition coefficient (Wildman–Crippen LogP) is 8.79. The summed E-state index contributed by atoms with van der Waals surface area (Å²) in [6.45, 7) is -4.38.